The molecule has 0 aliphatic heterocycles. The van der Waals surface area contributed by atoms with Crippen molar-refractivity contribution in [1.82, 2.24) is 0 Å². The first-order valence-corrected chi connectivity index (χ1v) is 4.27. The van der Waals surface area contributed by atoms with Crippen molar-refractivity contribution in [3.05, 3.63) is 0 Å². The van der Waals surface area contributed by atoms with Gasteiger partial charge in [0.1, 0.15) is 6.04 Å². The Balaban J connectivity index is 0. The molecule has 2 N–H and O–H groups in total. The molecule has 5 nitrogen and oxygen atoms in total. The first-order chi connectivity index (χ1) is 6.54. The molecule has 0 saturated carbocycles. The molecule has 0 heterocycles. The molecule has 0 radical (unpaired) electrons. The zero-order valence-corrected chi connectivity index (χ0v) is 9.38. The lowest BCUT2D eigenvalue weighted by atomic mass is 10.2. The highest BCUT2D eigenvalue weighted by Gasteiger charge is 2.32. The van der Waals surface area contributed by atoms with Gasteiger partial charge in [-0.05, 0) is 13.8 Å². The third-order valence-electron chi connectivity index (χ3n) is 1.39. The van der Waals surface area contributed by atoms with Gasteiger partial charge in [-0.1, -0.05) is 0 Å². The fraction of sp³-hybridized carbons (Fsp3) is 0.750. The van der Waals surface area contributed by atoms with E-state index in [0.29, 0.717) is 0 Å². The van der Waals surface area contributed by atoms with Crippen molar-refractivity contribution in [2.75, 3.05) is 13.2 Å². The van der Waals surface area contributed by atoms with Gasteiger partial charge in [-0.2, -0.15) is 0 Å². The van der Waals surface area contributed by atoms with Crippen LogP contribution in [0.4, 0.5) is 4.39 Å². The average Bonchev–Trinajstić information content (AvgIpc) is 2.16. The van der Waals surface area contributed by atoms with E-state index in [1.54, 1.807) is 6.92 Å². The Bertz CT molecular complexity index is 193. The molecule has 0 rings (SSSR count). The van der Waals surface area contributed by atoms with Gasteiger partial charge in [0.2, 0.25) is 6.17 Å². The van der Waals surface area contributed by atoms with E-state index in [2.05, 4.69) is 9.47 Å². The molecule has 0 aliphatic rings. The standard InChI is InChI=1S/C8H14FNO4.ClH/c1-3-13-7(11)5(9)6(10)8(12)14-4-2;/h5-6H,3-4,10H2,1-2H3;1H/t5-,6+;/m0./s1. The Morgan fingerprint density at radius 3 is 2.00 bits per heavy atom. The zero-order chi connectivity index (χ0) is 11.1. The molecule has 0 aromatic rings. The van der Waals surface area contributed by atoms with Crippen LogP contribution >= 0.6 is 12.4 Å². The lowest BCUT2D eigenvalue weighted by Crippen LogP contribution is -2.45. The van der Waals surface area contributed by atoms with Gasteiger partial charge in [-0.3, -0.25) is 4.79 Å². The van der Waals surface area contributed by atoms with E-state index in [-0.39, 0.29) is 25.6 Å². The first kappa shape index (κ1) is 16.5. The third-order valence-corrected chi connectivity index (χ3v) is 1.39. The van der Waals surface area contributed by atoms with E-state index in [9.17, 15) is 14.0 Å². The van der Waals surface area contributed by atoms with Crippen molar-refractivity contribution in [3.8, 4) is 0 Å². The number of carbonyl (C=O) groups is 2. The van der Waals surface area contributed by atoms with E-state index in [0.717, 1.165) is 0 Å². The molecule has 0 unspecified atom stereocenters. The van der Waals surface area contributed by atoms with Crippen LogP contribution in [0.5, 0.6) is 0 Å². The van der Waals surface area contributed by atoms with Crippen molar-refractivity contribution in [3.63, 3.8) is 0 Å². The Morgan fingerprint density at radius 2 is 1.60 bits per heavy atom. The van der Waals surface area contributed by atoms with Crippen molar-refractivity contribution >= 4 is 24.3 Å². The molecule has 0 bridgehead atoms. The summed E-state index contributed by atoms with van der Waals surface area (Å²) in [5.41, 5.74) is 5.13. The SMILES string of the molecule is CCOC(=O)[C@@H](F)[C@@H](N)C(=O)OCC.Cl. The summed E-state index contributed by atoms with van der Waals surface area (Å²) in [5, 5.41) is 0. The molecule has 0 spiro atoms. The second-order valence-corrected chi connectivity index (χ2v) is 2.43. The Labute approximate surface area is 93.5 Å². The van der Waals surface area contributed by atoms with Crippen LogP contribution in [0.3, 0.4) is 0 Å². The van der Waals surface area contributed by atoms with E-state index in [1.807, 2.05) is 0 Å². The van der Waals surface area contributed by atoms with Crippen molar-refractivity contribution in [2.45, 2.75) is 26.1 Å². The van der Waals surface area contributed by atoms with Crippen LogP contribution in [-0.4, -0.2) is 37.4 Å². The monoisotopic (exact) mass is 243 g/mol. The summed E-state index contributed by atoms with van der Waals surface area (Å²) in [6, 6.07) is -1.62. The second-order valence-electron chi connectivity index (χ2n) is 2.43. The molecule has 90 valence electrons. The van der Waals surface area contributed by atoms with Gasteiger partial charge in [-0.15, -0.1) is 12.4 Å². The minimum Gasteiger partial charge on any atom is -0.465 e. The van der Waals surface area contributed by atoms with Crippen LogP contribution in [0.15, 0.2) is 0 Å². The molecule has 0 aromatic carbocycles. The summed E-state index contributed by atoms with van der Waals surface area (Å²) in [7, 11) is 0. The molecule has 2 atom stereocenters. The van der Waals surface area contributed by atoms with Crippen LogP contribution in [0, 0.1) is 0 Å². The number of ether oxygens (including phenoxy) is 2. The fourth-order valence-corrected chi connectivity index (χ4v) is 0.726. The normalized spacial score (nSPS) is 13.3. The van der Waals surface area contributed by atoms with Gasteiger partial charge in [0.25, 0.3) is 0 Å². The lowest BCUT2D eigenvalue weighted by molar-refractivity contribution is -0.157. The summed E-state index contributed by atoms with van der Waals surface area (Å²) in [4.78, 5) is 21.7. The minimum absolute atomic E-state index is 0. The number of alkyl halides is 1. The number of nitrogens with two attached hydrogens (primary N) is 1. The molecule has 0 fully saturated rings. The summed E-state index contributed by atoms with van der Waals surface area (Å²) in [6.07, 6.45) is -2.17. The van der Waals surface area contributed by atoms with Crippen molar-refractivity contribution in [2.24, 2.45) is 5.73 Å². The number of hydrogen-bond donors (Lipinski definition) is 1. The highest BCUT2D eigenvalue weighted by molar-refractivity contribution is 5.86. The summed E-state index contributed by atoms with van der Waals surface area (Å²) in [5.74, 6) is -2.10. The number of hydrogen-bond acceptors (Lipinski definition) is 5. The lowest BCUT2D eigenvalue weighted by Gasteiger charge is -2.13. The second kappa shape index (κ2) is 8.43. The molecule has 0 aliphatic carbocycles. The summed E-state index contributed by atoms with van der Waals surface area (Å²) in [6.45, 7) is 3.21. The first-order valence-electron chi connectivity index (χ1n) is 4.27. The van der Waals surface area contributed by atoms with E-state index >= 15 is 0 Å². The van der Waals surface area contributed by atoms with E-state index < -0.39 is 24.2 Å². The average molecular weight is 244 g/mol. The Kier molecular flexibility index (Phi) is 9.30. The van der Waals surface area contributed by atoms with Crippen LogP contribution in [-0.2, 0) is 19.1 Å². The zero-order valence-electron chi connectivity index (χ0n) is 8.57. The van der Waals surface area contributed by atoms with E-state index in [4.69, 9.17) is 5.73 Å². The molecule has 7 heteroatoms. The highest BCUT2D eigenvalue weighted by Crippen LogP contribution is 2.02. The quantitative estimate of drug-likeness (QED) is 0.698. The van der Waals surface area contributed by atoms with Gasteiger partial charge in [0.15, 0.2) is 0 Å². The topological polar surface area (TPSA) is 78.6 Å². The minimum atomic E-state index is -2.17. The molecule has 0 saturated heterocycles. The smallest absolute Gasteiger partial charge is 0.343 e. The number of rotatable bonds is 5. The van der Waals surface area contributed by atoms with Crippen molar-refractivity contribution in [1.29, 1.82) is 0 Å². The van der Waals surface area contributed by atoms with Crippen LogP contribution < -0.4 is 5.73 Å². The highest BCUT2D eigenvalue weighted by atomic mass is 35.5. The molecule has 15 heavy (non-hydrogen) atoms. The van der Waals surface area contributed by atoms with Crippen molar-refractivity contribution < 1.29 is 23.5 Å². The Morgan fingerprint density at radius 1 is 1.20 bits per heavy atom. The summed E-state index contributed by atoms with van der Waals surface area (Å²) >= 11 is 0. The molecular formula is C8H15ClFNO4. The number of halogens is 2. The summed E-state index contributed by atoms with van der Waals surface area (Å²) < 4.78 is 21.8. The maximum absolute atomic E-state index is 13.1. The third kappa shape index (κ3) is 5.54. The molecular weight excluding hydrogens is 229 g/mol. The molecule has 0 aromatic heterocycles. The van der Waals surface area contributed by atoms with Crippen LogP contribution in [0.1, 0.15) is 13.8 Å². The fourth-order valence-electron chi connectivity index (χ4n) is 0.726. The van der Waals surface area contributed by atoms with Crippen LogP contribution in [0.2, 0.25) is 0 Å². The predicted molar refractivity (Wildman–Crippen MR) is 53.4 cm³/mol. The predicted octanol–water partition coefficient (Wildman–Crippen LogP) is 0.200. The largest absolute Gasteiger partial charge is 0.465 e. The van der Waals surface area contributed by atoms with Gasteiger partial charge in [-0.25, -0.2) is 9.18 Å². The maximum atomic E-state index is 13.1. The van der Waals surface area contributed by atoms with Gasteiger partial charge >= 0.3 is 11.9 Å². The van der Waals surface area contributed by atoms with Gasteiger partial charge in [0.05, 0.1) is 13.2 Å². The maximum Gasteiger partial charge on any atom is 0.343 e. The van der Waals surface area contributed by atoms with Gasteiger partial charge < -0.3 is 15.2 Å². The van der Waals surface area contributed by atoms with E-state index in [1.165, 1.54) is 6.92 Å². The van der Waals surface area contributed by atoms with Gasteiger partial charge in [0, 0.05) is 0 Å². The Hall–Kier alpha value is -0.880. The number of esters is 2. The number of carbonyl (C=O) groups excluding carboxylic acids is 2. The van der Waals surface area contributed by atoms with Crippen LogP contribution in [0.25, 0.3) is 0 Å². The molecule has 0 amide bonds.